The second-order valence-electron chi connectivity index (χ2n) is 4.55. The van der Waals surface area contributed by atoms with E-state index in [4.69, 9.17) is 0 Å². The molecular weight excluding hydrogens is 196 g/mol. The van der Waals surface area contributed by atoms with Crippen LogP contribution < -0.4 is 0 Å². The molecule has 1 aliphatic heterocycles. The van der Waals surface area contributed by atoms with E-state index in [2.05, 4.69) is 16.9 Å². The van der Waals surface area contributed by atoms with Crippen LogP contribution in [0.1, 0.15) is 71.1 Å². The van der Waals surface area contributed by atoms with E-state index in [1.807, 2.05) is 0 Å². The Bertz CT molecular complexity index is 197. The molecule has 0 radical (unpaired) electrons. The van der Waals surface area contributed by atoms with Crippen molar-refractivity contribution in [2.75, 3.05) is 0 Å². The van der Waals surface area contributed by atoms with E-state index in [1.165, 1.54) is 57.8 Å². The van der Waals surface area contributed by atoms with E-state index in [1.54, 1.807) is 12.4 Å². The molecule has 2 heteroatoms. The average molecular weight is 221 g/mol. The summed E-state index contributed by atoms with van der Waals surface area (Å²) in [5.41, 5.74) is 0. The predicted octanol–water partition coefficient (Wildman–Crippen LogP) is 4.55. The largest absolute Gasteiger partial charge is 0.240 e. The molecular formula is C14H25N2+. The van der Waals surface area contributed by atoms with E-state index < -0.39 is 0 Å². The van der Waals surface area contributed by atoms with Crippen LogP contribution in [-0.4, -0.2) is 12.4 Å². The molecule has 0 atom stereocenters. The Hall–Kier alpha value is -0.790. The summed E-state index contributed by atoms with van der Waals surface area (Å²) >= 11 is 0. The summed E-state index contributed by atoms with van der Waals surface area (Å²) in [5, 5.41) is 0. The second kappa shape index (κ2) is 9.44. The molecule has 16 heavy (non-hydrogen) atoms. The van der Waals surface area contributed by atoms with E-state index in [-0.39, 0.29) is 0 Å². The molecule has 0 N–H and O–H groups in total. The van der Waals surface area contributed by atoms with Crippen molar-refractivity contribution in [3.63, 3.8) is 0 Å². The second-order valence-corrected chi connectivity index (χ2v) is 4.55. The van der Waals surface area contributed by atoms with E-state index in [0.29, 0.717) is 0 Å². The minimum absolute atomic E-state index is 1.02. The Balaban J connectivity index is 1.74. The van der Waals surface area contributed by atoms with E-state index in [9.17, 15) is 0 Å². The first-order valence-electron chi connectivity index (χ1n) is 6.86. The topological polar surface area (TPSA) is 24.7 Å². The van der Waals surface area contributed by atoms with Crippen molar-refractivity contribution in [2.45, 2.75) is 71.1 Å². The van der Waals surface area contributed by atoms with Gasteiger partial charge in [0.2, 0.25) is 6.17 Å². The fourth-order valence-corrected chi connectivity index (χ4v) is 1.99. The molecule has 0 aromatic heterocycles. The zero-order valence-electron chi connectivity index (χ0n) is 10.6. The van der Waals surface area contributed by atoms with Crippen LogP contribution in [0.25, 0.3) is 0 Å². The molecule has 0 spiro atoms. The van der Waals surface area contributed by atoms with Crippen molar-refractivity contribution in [3.8, 4) is 0 Å². The molecule has 0 amide bonds. The third-order valence-electron chi connectivity index (χ3n) is 3.02. The van der Waals surface area contributed by atoms with Crippen LogP contribution in [-0.2, 0) is 0 Å². The van der Waals surface area contributed by atoms with Gasteiger partial charge >= 0.3 is 0 Å². The van der Waals surface area contributed by atoms with Crippen molar-refractivity contribution in [2.24, 2.45) is 9.98 Å². The highest BCUT2D eigenvalue weighted by molar-refractivity contribution is 6.18. The number of aliphatic imine (C=N–C) groups is 2. The molecule has 0 saturated heterocycles. The Morgan fingerprint density at radius 1 is 0.750 bits per heavy atom. The normalized spacial score (nSPS) is 13.9. The molecule has 1 aliphatic rings. The zero-order chi connectivity index (χ0) is 11.5. The zero-order valence-corrected chi connectivity index (χ0v) is 10.6. The lowest BCUT2D eigenvalue weighted by Gasteiger charge is -2.01. The smallest absolute Gasteiger partial charge is 0.0968 e. The van der Waals surface area contributed by atoms with Gasteiger partial charge in [-0.25, -0.2) is 0 Å². The van der Waals surface area contributed by atoms with Crippen molar-refractivity contribution < 1.29 is 0 Å². The number of hydrogen-bond acceptors (Lipinski definition) is 2. The van der Waals surface area contributed by atoms with Crippen LogP contribution in [0.2, 0.25) is 0 Å². The van der Waals surface area contributed by atoms with Gasteiger partial charge in [-0.1, -0.05) is 68.3 Å². The Morgan fingerprint density at radius 3 is 1.81 bits per heavy atom. The molecule has 1 heterocycles. The van der Waals surface area contributed by atoms with Gasteiger partial charge in [-0.2, -0.15) is 0 Å². The molecule has 0 aromatic carbocycles. The fourth-order valence-electron chi connectivity index (χ4n) is 1.99. The standard InChI is InChI=1S/C14H25N2/c1-2-3-4-5-6-7-8-9-10-11-14-15-12-13-16-14/h12-13H,2-11H2,1H3/q+1. The summed E-state index contributed by atoms with van der Waals surface area (Å²) in [7, 11) is 0. The third-order valence-corrected chi connectivity index (χ3v) is 3.02. The maximum atomic E-state index is 4.17. The predicted molar refractivity (Wildman–Crippen MR) is 72.1 cm³/mol. The highest BCUT2D eigenvalue weighted by atomic mass is 15.0. The summed E-state index contributed by atoms with van der Waals surface area (Å²) < 4.78 is 0. The van der Waals surface area contributed by atoms with Crippen molar-refractivity contribution in [3.05, 3.63) is 6.17 Å². The summed E-state index contributed by atoms with van der Waals surface area (Å²) in [6.07, 6.45) is 18.1. The van der Waals surface area contributed by atoms with Gasteiger partial charge < -0.3 is 0 Å². The lowest BCUT2D eigenvalue weighted by Crippen LogP contribution is -1.87. The highest BCUT2D eigenvalue weighted by Crippen LogP contribution is 2.17. The average Bonchev–Trinajstić information content (AvgIpc) is 2.80. The Kier molecular flexibility index (Phi) is 7.83. The summed E-state index contributed by atoms with van der Waals surface area (Å²) in [5.74, 6) is 0. The lowest BCUT2D eigenvalue weighted by molar-refractivity contribution is 0.557. The monoisotopic (exact) mass is 221 g/mol. The number of nitrogens with zero attached hydrogens (tertiary/aromatic N) is 2. The Labute approximate surface area is 100 Å². The summed E-state index contributed by atoms with van der Waals surface area (Å²) in [4.78, 5) is 8.35. The highest BCUT2D eigenvalue weighted by Gasteiger charge is 2.14. The Morgan fingerprint density at radius 2 is 1.25 bits per heavy atom. The molecule has 2 nitrogen and oxygen atoms in total. The first kappa shape index (κ1) is 13.3. The minimum Gasteiger partial charge on any atom is -0.0968 e. The van der Waals surface area contributed by atoms with Gasteiger partial charge in [0.05, 0.1) is 6.42 Å². The van der Waals surface area contributed by atoms with Gasteiger partial charge in [-0.15, -0.1) is 0 Å². The fraction of sp³-hybridized carbons (Fsp3) is 0.786. The van der Waals surface area contributed by atoms with Gasteiger partial charge in [-0.3, -0.25) is 0 Å². The number of unbranched alkanes of at least 4 members (excludes halogenated alkanes) is 8. The minimum atomic E-state index is 1.02. The molecule has 0 unspecified atom stereocenters. The van der Waals surface area contributed by atoms with Gasteiger partial charge in [0, 0.05) is 0 Å². The van der Waals surface area contributed by atoms with E-state index in [0.717, 1.165) is 12.6 Å². The number of hydrogen-bond donors (Lipinski definition) is 0. The molecule has 0 bridgehead atoms. The van der Waals surface area contributed by atoms with Crippen LogP contribution in [0.4, 0.5) is 0 Å². The maximum Gasteiger partial charge on any atom is 0.240 e. The SMILES string of the molecule is CCCCCCCCCCC[C+]1N=CC=N1. The van der Waals surface area contributed by atoms with Crippen LogP contribution in [0.3, 0.4) is 0 Å². The van der Waals surface area contributed by atoms with Crippen molar-refractivity contribution >= 4 is 12.4 Å². The number of rotatable bonds is 10. The van der Waals surface area contributed by atoms with Crippen LogP contribution in [0.15, 0.2) is 9.98 Å². The van der Waals surface area contributed by atoms with Crippen LogP contribution >= 0.6 is 0 Å². The van der Waals surface area contributed by atoms with Gasteiger partial charge in [-0.05, 0) is 6.42 Å². The maximum absolute atomic E-state index is 4.17. The molecule has 0 aliphatic carbocycles. The summed E-state index contributed by atoms with van der Waals surface area (Å²) in [6.45, 7) is 2.27. The van der Waals surface area contributed by atoms with Gasteiger partial charge in [0.1, 0.15) is 0 Å². The van der Waals surface area contributed by atoms with Crippen molar-refractivity contribution in [1.29, 1.82) is 0 Å². The molecule has 90 valence electrons. The first-order chi connectivity index (χ1) is 7.93. The van der Waals surface area contributed by atoms with Crippen LogP contribution in [0, 0.1) is 6.17 Å². The van der Waals surface area contributed by atoms with Gasteiger partial charge in [0.15, 0.2) is 12.4 Å². The quantitative estimate of drug-likeness (QED) is 0.382. The molecule has 0 fully saturated rings. The summed E-state index contributed by atoms with van der Waals surface area (Å²) in [6, 6.07) is 0. The van der Waals surface area contributed by atoms with Gasteiger partial charge in [0.25, 0.3) is 0 Å². The molecule has 0 aromatic rings. The van der Waals surface area contributed by atoms with E-state index >= 15 is 0 Å². The molecule has 0 saturated carbocycles. The third kappa shape index (κ3) is 6.65. The molecule has 1 rings (SSSR count). The van der Waals surface area contributed by atoms with Crippen LogP contribution in [0.5, 0.6) is 0 Å². The van der Waals surface area contributed by atoms with Crippen molar-refractivity contribution in [1.82, 2.24) is 0 Å². The lowest BCUT2D eigenvalue weighted by atomic mass is 10.1. The first-order valence-corrected chi connectivity index (χ1v) is 6.86.